The Morgan fingerprint density at radius 1 is 1.07 bits per heavy atom. The molecule has 6 heterocycles. The van der Waals surface area contributed by atoms with Gasteiger partial charge in [-0.15, -0.1) is 0 Å². The molecule has 1 amide bonds. The first-order chi connectivity index (χ1) is 21.7. The van der Waals surface area contributed by atoms with Crippen molar-refractivity contribution in [3.05, 3.63) is 47.8 Å². The Morgan fingerprint density at radius 2 is 1.87 bits per heavy atom. The van der Waals surface area contributed by atoms with Gasteiger partial charge >= 0.3 is 0 Å². The minimum Gasteiger partial charge on any atom is -0.477 e. The molecule has 3 aromatic heterocycles. The van der Waals surface area contributed by atoms with Crippen molar-refractivity contribution in [2.75, 3.05) is 36.6 Å². The first-order valence-corrected chi connectivity index (χ1v) is 17.8. The summed E-state index contributed by atoms with van der Waals surface area (Å²) in [6.45, 7) is 6.85. The summed E-state index contributed by atoms with van der Waals surface area (Å²) in [7, 11) is -0.507. The fourth-order valence-corrected chi connectivity index (χ4v) is 9.29. The predicted octanol–water partition coefficient (Wildman–Crippen LogP) is 5.89. The highest BCUT2D eigenvalue weighted by molar-refractivity contribution is 7.93. The number of hydrogen-bond donors (Lipinski definition) is 1. The first kappa shape index (κ1) is 29.9. The Labute approximate surface area is 263 Å². The van der Waals surface area contributed by atoms with E-state index in [2.05, 4.69) is 26.9 Å². The van der Waals surface area contributed by atoms with Crippen molar-refractivity contribution >= 4 is 38.3 Å². The fourth-order valence-electron chi connectivity index (χ4n) is 6.90. The summed E-state index contributed by atoms with van der Waals surface area (Å²) < 4.78 is 34.3. The third-order valence-electron chi connectivity index (χ3n) is 9.64. The minimum atomic E-state index is -2.35. The highest BCUT2D eigenvalue weighted by Crippen LogP contribution is 2.42. The fraction of sp³-hybridized carbons (Fsp3) is 0.515. The van der Waals surface area contributed by atoms with E-state index in [1.54, 1.807) is 23.0 Å². The van der Waals surface area contributed by atoms with E-state index in [4.69, 9.17) is 18.8 Å². The number of anilines is 1. The molecule has 2 fully saturated rings. The maximum atomic E-state index is 13.9. The van der Waals surface area contributed by atoms with Crippen LogP contribution in [0.4, 0.5) is 11.6 Å². The number of aromatic nitrogens is 5. The number of rotatable bonds is 1. The lowest BCUT2D eigenvalue weighted by molar-refractivity contribution is 0.00985. The molecule has 1 aromatic carbocycles. The van der Waals surface area contributed by atoms with Gasteiger partial charge in [-0.25, -0.2) is 13.9 Å². The molecule has 2 saturated heterocycles. The van der Waals surface area contributed by atoms with Crippen LogP contribution in [0.15, 0.2) is 40.9 Å². The molecular formula is C33H41N7O4S. The van der Waals surface area contributed by atoms with Crippen LogP contribution in [-0.4, -0.2) is 65.8 Å². The van der Waals surface area contributed by atoms with Crippen LogP contribution >= 0.6 is 0 Å². The van der Waals surface area contributed by atoms with Crippen LogP contribution in [0.25, 0.3) is 22.3 Å². The number of aryl methyl sites for hydroxylation is 2. The number of carbonyl (C=O) groups is 1. The maximum Gasteiger partial charge on any atom is 0.258 e. The van der Waals surface area contributed by atoms with E-state index >= 15 is 0 Å². The molecule has 3 aliphatic rings. The quantitative estimate of drug-likeness (QED) is 0.278. The van der Waals surface area contributed by atoms with Crippen molar-refractivity contribution in [1.82, 2.24) is 24.3 Å². The summed E-state index contributed by atoms with van der Waals surface area (Å²) in [4.78, 5) is 23.2. The van der Waals surface area contributed by atoms with Gasteiger partial charge in [0, 0.05) is 49.6 Å². The number of pyridine rings is 1. The number of benzene rings is 1. The standard InChI is InChI=1S/C33H41N7O4S/c1-22-5-4-12-44-31-26(20-34-39(31)3)28-18-24(17-23(2)35-28)30(41)37-32-36-27-7-6-25(19-29(27)40(32)21-22)38-45(42)15-10-33(11-16-45)8-13-43-14-9-33/h6-7,17-20,22H,4-5,8-16,21H2,1-3H3,(H,36,37,41)/t22-/m1/s1. The number of fused-ring (bicyclic) bond motifs is 7. The number of nitrogens with one attached hydrogen (secondary N) is 1. The molecule has 1 atom stereocenters. The van der Waals surface area contributed by atoms with Crippen molar-refractivity contribution < 1.29 is 18.5 Å². The summed E-state index contributed by atoms with van der Waals surface area (Å²) in [5, 5.41) is 7.47. The topological polar surface area (TPSA) is 126 Å². The molecule has 45 heavy (non-hydrogen) atoms. The molecular weight excluding hydrogens is 590 g/mol. The van der Waals surface area contributed by atoms with Gasteiger partial charge in [-0.3, -0.25) is 15.1 Å². The third kappa shape index (κ3) is 6.09. The van der Waals surface area contributed by atoms with Crippen LogP contribution in [0.1, 0.15) is 61.5 Å². The molecule has 0 saturated carbocycles. The molecule has 1 N–H and O–H groups in total. The first-order valence-electron chi connectivity index (χ1n) is 16.0. The Bertz CT molecular complexity index is 1860. The molecule has 0 aliphatic carbocycles. The van der Waals surface area contributed by atoms with Gasteiger partial charge in [-0.1, -0.05) is 6.92 Å². The Hall–Kier alpha value is -3.77. The van der Waals surface area contributed by atoms with Crippen molar-refractivity contribution in [3.63, 3.8) is 0 Å². The summed E-state index contributed by atoms with van der Waals surface area (Å²) in [5.74, 6) is 2.36. The smallest absolute Gasteiger partial charge is 0.258 e. The summed E-state index contributed by atoms with van der Waals surface area (Å²) in [6.07, 6.45) is 7.47. The lowest BCUT2D eigenvalue weighted by atomic mass is 9.75. The highest BCUT2D eigenvalue weighted by Gasteiger charge is 2.37. The third-order valence-corrected chi connectivity index (χ3v) is 11.9. The minimum absolute atomic E-state index is 0.263. The summed E-state index contributed by atoms with van der Waals surface area (Å²) in [6, 6.07) is 9.33. The van der Waals surface area contributed by atoms with Gasteiger partial charge in [0.1, 0.15) is 0 Å². The zero-order valence-electron chi connectivity index (χ0n) is 26.3. The average Bonchev–Trinajstić information content (AvgIpc) is 3.55. The monoisotopic (exact) mass is 631 g/mol. The van der Waals surface area contributed by atoms with E-state index in [0.717, 1.165) is 68.3 Å². The Kier molecular flexibility index (Phi) is 7.89. The molecule has 3 aliphatic heterocycles. The molecule has 0 radical (unpaired) electrons. The molecule has 7 rings (SSSR count). The van der Waals surface area contributed by atoms with Crippen LogP contribution in [-0.2, 0) is 28.1 Å². The highest BCUT2D eigenvalue weighted by atomic mass is 32.2. The Balaban J connectivity index is 1.23. The lowest BCUT2D eigenvalue weighted by Crippen LogP contribution is -2.37. The average molecular weight is 632 g/mol. The van der Waals surface area contributed by atoms with Crippen LogP contribution in [0.2, 0.25) is 0 Å². The van der Waals surface area contributed by atoms with Crippen molar-refractivity contribution in [3.8, 4) is 17.1 Å². The van der Waals surface area contributed by atoms with E-state index in [1.807, 2.05) is 32.2 Å². The maximum absolute atomic E-state index is 13.9. The molecule has 238 valence electrons. The predicted molar refractivity (Wildman–Crippen MR) is 174 cm³/mol. The zero-order valence-corrected chi connectivity index (χ0v) is 27.1. The number of nitrogens with zero attached hydrogens (tertiary/aromatic N) is 6. The van der Waals surface area contributed by atoms with Gasteiger partial charge in [0.2, 0.25) is 11.8 Å². The van der Waals surface area contributed by atoms with Crippen LogP contribution in [0.5, 0.6) is 5.88 Å². The molecule has 0 unspecified atom stereocenters. The van der Waals surface area contributed by atoms with E-state index in [-0.39, 0.29) is 17.2 Å². The number of ether oxygens (including phenoxy) is 2. The Morgan fingerprint density at radius 3 is 2.67 bits per heavy atom. The van der Waals surface area contributed by atoms with Crippen molar-refractivity contribution in [1.29, 1.82) is 0 Å². The van der Waals surface area contributed by atoms with Gasteiger partial charge in [0.05, 0.1) is 50.5 Å². The number of amides is 1. The SMILES string of the molecule is Cc1cc2cc(n1)-c1cnn(C)c1OCCC[C@@H](C)Cn1c(nc3ccc(N=S4(=O)CCC5(CCOCC5)CC4)cc31)NC2=O. The van der Waals surface area contributed by atoms with Crippen LogP contribution < -0.4 is 10.1 Å². The molecule has 1 spiro atoms. The van der Waals surface area contributed by atoms with E-state index in [9.17, 15) is 9.00 Å². The van der Waals surface area contributed by atoms with Gasteiger partial charge in [0.15, 0.2) is 0 Å². The molecule has 2 bridgehead atoms. The molecule has 12 heteroatoms. The van der Waals surface area contributed by atoms with Crippen molar-refractivity contribution in [2.24, 2.45) is 22.7 Å². The normalized spacial score (nSPS) is 21.6. The van der Waals surface area contributed by atoms with Gasteiger partial charge in [-0.05, 0) is 87.1 Å². The zero-order chi connectivity index (χ0) is 31.2. The summed E-state index contributed by atoms with van der Waals surface area (Å²) in [5.41, 5.74) is 5.15. The number of imidazole rings is 1. The molecule has 4 aromatic rings. The van der Waals surface area contributed by atoms with Gasteiger partial charge in [0.25, 0.3) is 5.91 Å². The van der Waals surface area contributed by atoms with Crippen LogP contribution in [0.3, 0.4) is 0 Å². The van der Waals surface area contributed by atoms with E-state index in [1.165, 1.54) is 0 Å². The molecule has 11 nitrogen and oxygen atoms in total. The van der Waals surface area contributed by atoms with Gasteiger partial charge < -0.3 is 14.0 Å². The summed E-state index contributed by atoms with van der Waals surface area (Å²) >= 11 is 0. The number of hydrogen-bond acceptors (Lipinski definition) is 8. The number of carbonyl (C=O) groups excluding carboxylic acids is 1. The second-order valence-electron chi connectivity index (χ2n) is 13.0. The van der Waals surface area contributed by atoms with Gasteiger partial charge in [-0.2, -0.15) is 9.46 Å². The van der Waals surface area contributed by atoms with E-state index in [0.29, 0.717) is 59.1 Å². The largest absolute Gasteiger partial charge is 0.477 e. The second-order valence-corrected chi connectivity index (χ2v) is 15.6. The second kappa shape index (κ2) is 11.9. The van der Waals surface area contributed by atoms with E-state index < -0.39 is 9.73 Å². The van der Waals surface area contributed by atoms with Crippen molar-refractivity contribution in [2.45, 2.75) is 58.9 Å². The lowest BCUT2D eigenvalue weighted by Gasteiger charge is -2.41. The van der Waals surface area contributed by atoms with Crippen LogP contribution in [0, 0.1) is 18.3 Å².